The van der Waals surface area contributed by atoms with Crippen molar-refractivity contribution in [3.05, 3.63) is 11.5 Å². The molecule has 0 spiro atoms. The third kappa shape index (κ3) is 2.47. The molecule has 7 heteroatoms. The Bertz CT molecular complexity index is 344. The normalized spacial score (nSPS) is 11.8. The maximum atomic E-state index is 10.5. The van der Waals surface area contributed by atoms with E-state index in [0.717, 1.165) is 0 Å². The molecule has 1 rings (SSSR count). The van der Waals surface area contributed by atoms with Gasteiger partial charge in [0.1, 0.15) is 11.4 Å². The van der Waals surface area contributed by atoms with Crippen molar-refractivity contribution < 1.29 is 12.9 Å². The number of nitrogens with zero attached hydrogens (tertiary/aromatic N) is 2. The maximum Gasteiger partial charge on any atom is 0.238 e. The van der Waals surface area contributed by atoms with Crippen molar-refractivity contribution in [2.45, 2.75) is 12.7 Å². The van der Waals surface area contributed by atoms with Gasteiger partial charge in [-0.15, -0.1) is 5.10 Å². The first-order valence-electron chi connectivity index (χ1n) is 2.69. The van der Waals surface area contributed by atoms with Gasteiger partial charge in [0.05, 0.1) is 0 Å². The summed E-state index contributed by atoms with van der Waals surface area (Å²) < 4.78 is 25.5. The van der Waals surface area contributed by atoms with E-state index in [4.69, 9.17) is 10.7 Å². The molecule has 0 aliphatic heterocycles. The first-order chi connectivity index (χ1) is 4.99. The molecule has 0 amide bonds. The lowest BCUT2D eigenvalue weighted by molar-refractivity contribution is 0.373. The summed E-state index contributed by atoms with van der Waals surface area (Å²) in [6.45, 7) is 1.57. The molecule has 0 radical (unpaired) electrons. The minimum atomic E-state index is -3.56. The lowest BCUT2D eigenvalue weighted by Gasteiger charge is -1.88. The van der Waals surface area contributed by atoms with E-state index in [9.17, 15) is 8.42 Å². The summed E-state index contributed by atoms with van der Waals surface area (Å²) in [5.41, 5.74) is 0.250. The van der Waals surface area contributed by atoms with Crippen LogP contribution in [0.1, 0.15) is 11.5 Å². The second-order valence-corrected chi connectivity index (χ2v) is 4.74. The molecule has 0 bridgehead atoms. The Morgan fingerprint density at radius 3 is 2.64 bits per heavy atom. The van der Waals surface area contributed by atoms with E-state index in [1.165, 1.54) is 0 Å². The highest BCUT2D eigenvalue weighted by molar-refractivity contribution is 8.13. The van der Waals surface area contributed by atoms with Crippen molar-refractivity contribution in [1.82, 2.24) is 10.4 Å². The fraction of sp³-hybridized carbons (Fsp3) is 0.500. The molecular weight excluding hydrogens is 192 g/mol. The molecule has 0 saturated heterocycles. The molecule has 0 aliphatic rings. The molecule has 0 aromatic carbocycles. The van der Waals surface area contributed by atoms with Crippen molar-refractivity contribution in [3.8, 4) is 0 Å². The quantitative estimate of drug-likeness (QED) is 0.642. The summed E-state index contributed by atoms with van der Waals surface area (Å²) >= 11 is 0. The zero-order valence-corrected chi connectivity index (χ0v) is 7.18. The third-order valence-electron chi connectivity index (χ3n) is 1.05. The number of rotatable bonds is 2. The van der Waals surface area contributed by atoms with Crippen molar-refractivity contribution in [2.75, 3.05) is 0 Å². The minimum Gasteiger partial charge on any atom is -0.342 e. The molecule has 1 aromatic heterocycles. The van der Waals surface area contributed by atoms with Crippen molar-refractivity contribution in [2.24, 2.45) is 0 Å². The lowest BCUT2D eigenvalue weighted by Crippen LogP contribution is -1.96. The van der Waals surface area contributed by atoms with Crippen LogP contribution < -0.4 is 0 Å². The van der Waals surface area contributed by atoms with Crippen LogP contribution in [0.4, 0.5) is 0 Å². The molecule has 1 heterocycles. The summed E-state index contributed by atoms with van der Waals surface area (Å²) in [5, 5.41) is 6.58. The van der Waals surface area contributed by atoms with Gasteiger partial charge in [0.25, 0.3) is 0 Å². The number of halogens is 1. The minimum absolute atomic E-state index is 0.250. The number of aryl methyl sites for hydroxylation is 1. The van der Waals surface area contributed by atoms with Gasteiger partial charge in [-0.2, -0.15) is 0 Å². The Morgan fingerprint density at radius 1 is 1.64 bits per heavy atom. The van der Waals surface area contributed by atoms with Crippen LogP contribution in [0.15, 0.2) is 4.52 Å². The van der Waals surface area contributed by atoms with E-state index in [0.29, 0.717) is 5.76 Å². The predicted octanol–water partition coefficient (Wildman–Crippen LogP) is 0.447. The van der Waals surface area contributed by atoms with Gasteiger partial charge in [0.15, 0.2) is 5.76 Å². The Hall–Kier alpha value is -0.620. The van der Waals surface area contributed by atoms with Gasteiger partial charge in [-0.3, -0.25) is 0 Å². The molecule has 0 saturated carbocycles. The van der Waals surface area contributed by atoms with Gasteiger partial charge in [-0.1, -0.05) is 0 Å². The number of hydrogen-bond acceptors (Lipinski definition) is 5. The first-order valence-corrected chi connectivity index (χ1v) is 5.17. The van der Waals surface area contributed by atoms with Crippen LogP contribution in [-0.2, 0) is 14.8 Å². The van der Waals surface area contributed by atoms with Gasteiger partial charge < -0.3 is 4.52 Å². The van der Waals surface area contributed by atoms with Crippen LogP contribution in [0.25, 0.3) is 0 Å². The van der Waals surface area contributed by atoms with Crippen LogP contribution in [-0.4, -0.2) is 18.8 Å². The van der Waals surface area contributed by atoms with Gasteiger partial charge in [0.2, 0.25) is 9.05 Å². The Kier molecular flexibility index (Phi) is 2.15. The highest BCUT2D eigenvalue weighted by atomic mass is 35.7. The van der Waals surface area contributed by atoms with Crippen LogP contribution in [0.2, 0.25) is 0 Å². The number of aromatic nitrogens is 2. The fourth-order valence-corrected chi connectivity index (χ4v) is 1.45. The fourth-order valence-electron chi connectivity index (χ4n) is 0.548. The van der Waals surface area contributed by atoms with Crippen LogP contribution >= 0.6 is 10.7 Å². The van der Waals surface area contributed by atoms with Gasteiger partial charge in [-0.05, 0) is 6.92 Å². The molecule has 0 unspecified atom stereocenters. The Labute approximate surface area is 67.7 Å². The average Bonchev–Trinajstić information content (AvgIpc) is 2.12. The molecule has 62 valence electrons. The zero-order chi connectivity index (χ0) is 8.48. The summed E-state index contributed by atoms with van der Waals surface area (Å²) in [5.74, 6) is 0.0263. The van der Waals surface area contributed by atoms with Crippen molar-refractivity contribution in [1.29, 1.82) is 0 Å². The summed E-state index contributed by atoms with van der Waals surface area (Å²) in [7, 11) is 1.40. The van der Waals surface area contributed by atoms with E-state index in [1.807, 2.05) is 0 Å². The molecule has 11 heavy (non-hydrogen) atoms. The summed E-state index contributed by atoms with van der Waals surface area (Å²) in [6, 6.07) is 0. The summed E-state index contributed by atoms with van der Waals surface area (Å²) in [4.78, 5) is 0. The smallest absolute Gasteiger partial charge is 0.238 e. The highest BCUT2D eigenvalue weighted by Crippen LogP contribution is 2.09. The second kappa shape index (κ2) is 2.78. The average molecular weight is 197 g/mol. The van der Waals surface area contributed by atoms with Gasteiger partial charge in [0, 0.05) is 16.0 Å². The van der Waals surface area contributed by atoms with E-state index >= 15 is 0 Å². The number of hydrogen-bond donors (Lipinski definition) is 0. The molecular formula is C4H5ClN2O3S. The Balaban J connectivity index is 2.89. The molecule has 0 N–H and O–H groups in total. The van der Waals surface area contributed by atoms with Crippen LogP contribution in [0.3, 0.4) is 0 Å². The van der Waals surface area contributed by atoms with Crippen LogP contribution in [0.5, 0.6) is 0 Å². The van der Waals surface area contributed by atoms with Crippen molar-refractivity contribution >= 4 is 19.7 Å². The zero-order valence-electron chi connectivity index (χ0n) is 5.61. The van der Waals surface area contributed by atoms with E-state index in [2.05, 4.69) is 14.9 Å². The standard InChI is InChI=1S/C4H5ClN2O3S/c1-3-4(6-7-10-3)2-11(5,8)9/h2H2,1H3. The van der Waals surface area contributed by atoms with E-state index < -0.39 is 9.05 Å². The molecule has 1 aromatic rings. The second-order valence-electron chi connectivity index (χ2n) is 1.96. The van der Waals surface area contributed by atoms with Crippen LogP contribution in [0, 0.1) is 6.92 Å². The Morgan fingerprint density at radius 2 is 2.27 bits per heavy atom. The van der Waals surface area contributed by atoms with E-state index in [1.54, 1.807) is 6.92 Å². The SMILES string of the molecule is Cc1onnc1CS(=O)(=O)Cl. The molecule has 0 fully saturated rings. The monoisotopic (exact) mass is 196 g/mol. The maximum absolute atomic E-state index is 10.5. The topological polar surface area (TPSA) is 73.1 Å². The van der Waals surface area contributed by atoms with Gasteiger partial charge >= 0.3 is 0 Å². The molecule has 5 nitrogen and oxygen atoms in total. The van der Waals surface area contributed by atoms with E-state index in [-0.39, 0.29) is 11.4 Å². The lowest BCUT2D eigenvalue weighted by atomic mass is 10.4. The third-order valence-corrected chi connectivity index (χ3v) is 2.00. The molecule has 0 aliphatic carbocycles. The van der Waals surface area contributed by atoms with Gasteiger partial charge in [-0.25, -0.2) is 8.42 Å². The summed E-state index contributed by atoms with van der Waals surface area (Å²) in [6.07, 6.45) is 0. The molecule has 0 atom stereocenters. The largest absolute Gasteiger partial charge is 0.342 e. The first kappa shape index (κ1) is 8.48. The predicted molar refractivity (Wildman–Crippen MR) is 37.5 cm³/mol. The van der Waals surface area contributed by atoms with Crippen molar-refractivity contribution in [3.63, 3.8) is 0 Å². The highest BCUT2D eigenvalue weighted by Gasteiger charge is 2.13.